The number of hydrogen-bond acceptors (Lipinski definition) is 4. The Morgan fingerprint density at radius 3 is 2.23 bits per heavy atom. The summed E-state index contributed by atoms with van der Waals surface area (Å²) in [6.45, 7) is 0. The number of thioether (sulfide) groups is 1. The van der Waals surface area contributed by atoms with Crippen LogP contribution in [0, 0.1) is 5.82 Å². The first-order chi connectivity index (χ1) is 18.9. The monoisotopic (exact) mass is 559 g/mol. The Morgan fingerprint density at radius 1 is 0.795 bits per heavy atom. The zero-order valence-electron chi connectivity index (χ0n) is 20.5. The van der Waals surface area contributed by atoms with Crippen LogP contribution in [-0.2, 0) is 9.59 Å². The first kappa shape index (κ1) is 27.6. The van der Waals surface area contributed by atoms with Crippen LogP contribution in [0.1, 0.15) is 15.9 Å². The van der Waals surface area contributed by atoms with Crippen molar-refractivity contribution in [3.63, 3.8) is 0 Å². The number of carbonyl (C=O) groups is 3. The molecular formula is C30H23ClFN3O3S. The lowest BCUT2D eigenvalue weighted by atomic mass is 10.1. The molecule has 39 heavy (non-hydrogen) atoms. The van der Waals surface area contributed by atoms with Crippen molar-refractivity contribution in [2.75, 3.05) is 16.4 Å². The number of hydrogen-bond donors (Lipinski definition) is 3. The zero-order valence-corrected chi connectivity index (χ0v) is 22.1. The quantitative estimate of drug-likeness (QED) is 0.159. The van der Waals surface area contributed by atoms with Crippen LogP contribution in [0.4, 0.5) is 15.8 Å². The van der Waals surface area contributed by atoms with E-state index in [1.165, 1.54) is 36.0 Å². The third-order valence-corrected chi connectivity index (χ3v) is 6.55. The molecule has 9 heteroatoms. The maximum atomic E-state index is 13.2. The fourth-order valence-corrected chi connectivity index (χ4v) is 4.29. The summed E-state index contributed by atoms with van der Waals surface area (Å²) in [6.07, 6.45) is 1.56. The van der Waals surface area contributed by atoms with Crippen molar-refractivity contribution < 1.29 is 18.8 Å². The summed E-state index contributed by atoms with van der Waals surface area (Å²) in [7, 11) is 0. The minimum absolute atomic E-state index is 0.0444. The lowest BCUT2D eigenvalue weighted by Crippen LogP contribution is -2.30. The highest BCUT2D eigenvalue weighted by Gasteiger charge is 2.15. The molecule has 0 aliphatic rings. The Hall–Kier alpha value is -4.40. The molecular weight excluding hydrogens is 537 g/mol. The van der Waals surface area contributed by atoms with E-state index in [1.807, 2.05) is 6.07 Å². The lowest BCUT2D eigenvalue weighted by Gasteiger charge is -2.12. The first-order valence-corrected chi connectivity index (χ1v) is 13.2. The second kappa shape index (κ2) is 13.4. The van der Waals surface area contributed by atoms with Crippen molar-refractivity contribution in [3.05, 3.63) is 131 Å². The summed E-state index contributed by atoms with van der Waals surface area (Å²) in [5.41, 5.74) is 2.11. The molecule has 0 aromatic heterocycles. The van der Waals surface area contributed by atoms with Gasteiger partial charge in [-0.15, -0.1) is 11.8 Å². The van der Waals surface area contributed by atoms with Gasteiger partial charge in [-0.05, 0) is 78.4 Å². The molecule has 4 aromatic rings. The molecule has 0 bridgehead atoms. The van der Waals surface area contributed by atoms with Crippen molar-refractivity contribution in [2.24, 2.45) is 0 Å². The van der Waals surface area contributed by atoms with Crippen molar-refractivity contribution in [1.29, 1.82) is 0 Å². The highest BCUT2D eigenvalue weighted by Crippen LogP contribution is 2.23. The number of benzene rings is 4. The molecule has 6 nitrogen and oxygen atoms in total. The maximum absolute atomic E-state index is 13.2. The molecule has 3 N–H and O–H groups in total. The van der Waals surface area contributed by atoms with E-state index in [1.54, 1.807) is 78.9 Å². The molecule has 0 heterocycles. The van der Waals surface area contributed by atoms with Crippen LogP contribution >= 0.6 is 23.4 Å². The summed E-state index contributed by atoms with van der Waals surface area (Å²) < 4.78 is 13.1. The largest absolute Gasteiger partial charge is 0.325 e. The fourth-order valence-electron chi connectivity index (χ4n) is 3.41. The van der Waals surface area contributed by atoms with Gasteiger partial charge in [0.15, 0.2) is 0 Å². The third kappa shape index (κ3) is 8.56. The van der Waals surface area contributed by atoms with Gasteiger partial charge in [-0.1, -0.05) is 48.0 Å². The van der Waals surface area contributed by atoms with Crippen LogP contribution in [0.5, 0.6) is 0 Å². The molecule has 0 spiro atoms. The van der Waals surface area contributed by atoms with E-state index in [0.717, 1.165) is 4.90 Å². The molecule has 0 aliphatic heterocycles. The predicted octanol–water partition coefficient (Wildman–Crippen LogP) is 6.62. The summed E-state index contributed by atoms with van der Waals surface area (Å²) in [5.74, 6) is -1.47. The number of halogens is 2. The van der Waals surface area contributed by atoms with E-state index in [-0.39, 0.29) is 23.2 Å². The number of carbonyl (C=O) groups excluding carboxylic acids is 3. The molecule has 0 saturated carbocycles. The van der Waals surface area contributed by atoms with Gasteiger partial charge in [0.1, 0.15) is 11.5 Å². The van der Waals surface area contributed by atoms with Gasteiger partial charge in [0.2, 0.25) is 5.91 Å². The minimum atomic E-state index is -0.523. The average molecular weight is 560 g/mol. The third-order valence-electron chi connectivity index (χ3n) is 5.30. The van der Waals surface area contributed by atoms with Crippen molar-refractivity contribution >= 4 is 58.5 Å². The minimum Gasteiger partial charge on any atom is -0.325 e. The van der Waals surface area contributed by atoms with Gasteiger partial charge in [-0.3, -0.25) is 14.4 Å². The van der Waals surface area contributed by atoms with E-state index in [4.69, 9.17) is 11.6 Å². The molecule has 4 rings (SSSR count). The van der Waals surface area contributed by atoms with Crippen molar-refractivity contribution in [3.8, 4) is 0 Å². The summed E-state index contributed by atoms with van der Waals surface area (Å²) in [6, 6.07) is 27.9. The Balaban J connectivity index is 1.44. The fraction of sp³-hybridized carbons (Fsp3) is 0.0333. The molecule has 0 saturated heterocycles. The van der Waals surface area contributed by atoms with Gasteiger partial charge in [0, 0.05) is 26.9 Å². The van der Waals surface area contributed by atoms with E-state index < -0.39 is 11.8 Å². The highest BCUT2D eigenvalue weighted by molar-refractivity contribution is 8.00. The van der Waals surface area contributed by atoms with Crippen molar-refractivity contribution in [2.45, 2.75) is 4.90 Å². The topological polar surface area (TPSA) is 87.3 Å². The summed E-state index contributed by atoms with van der Waals surface area (Å²) in [4.78, 5) is 39.1. The molecule has 0 aliphatic carbocycles. The summed E-state index contributed by atoms with van der Waals surface area (Å²) in [5, 5.41) is 8.76. The number of nitrogens with one attached hydrogen (secondary N) is 3. The Kier molecular flexibility index (Phi) is 9.50. The average Bonchev–Trinajstić information content (AvgIpc) is 2.94. The Bertz CT molecular complexity index is 1490. The van der Waals surface area contributed by atoms with Crippen LogP contribution in [0.15, 0.2) is 114 Å². The number of amides is 3. The molecule has 0 atom stereocenters. The summed E-state index contributed by atoms with van der Waals surface area (Å²) >= 11 is 7.26. The van der Waals surface area contributed by atoms with Gasteiger partial charge in [-0.25, -0.2) is 4.39 Å². The highest BCUT2D eigenvalue weighted by atomic mass is 35.5. The van der Waals surface area contributed by atoms with Gasteiger partial charge in [-0.2, -0.15) is 0 Å². The predicted molar refractivity (Wildman–Crippen MR) is 154 cm³/mol. The Labute approximate surface area is 234 Å². The molecule has 0 unspecified atom stereocenters. The number of rotatable bonds is 9. The van der Waals surface area contributed by atoms with Crippen LogP contribution in [0.25, 0.3) is 6.08 Å². The van der Waals surface area contributed by atoms with Crippen LogP contribution in [0.2, 0.25) is 5.02 Å². The second-order valence-electron chi connectivity index (χ2n) is 8.26. The molecule has 196 valence electrons. The smallest absolute Gasteiger partial charge is 0.272 e. The lowest BCUT2D eigenvalue weighted by molar-refractivity contribution is -0.114. The SMILES string of the molecule is O=C(CSc1cccc(NC(=O)/C(=C/c2ccc(Cl)cc2)NC(=O)c2ccccc2)c1)Nc1ccc(F)cc1. The zero-order chi connectivity index (χ0) is 27.6. The van der Waals surface area contributed by atoms with E-state index in [2.05, 4.69) is 16.0 Å². The van der Waals surface area contributed by atoms with Gasteiger partial charge in [0.05, 0.1) is 5.75 Å². The van der Waals surface area contributed by atoms with Crippen LogP contribution in [0.3, 0.4) is 0 Å². The van der Waals surface area contributed by atoms with Gasteiger partial charge >= 0.3 is 0 Å². The molecule has 0 fully saturated rings. The normalized spacial score (nSPS) is 11.0. The molecule has 0 radical (unpaired) electrons. The van der Waals surface area contributed by atoms with E-state index in [9.17, 15) is 18.8 Å². The number of anilines is 2. The maximum Gasteiger partial charge on any atom is 0.272 e. The first-order valence-electron chi connectivity index (χ1n) is 11.8. The van der Waals surface area contributed by atoms with Crippen LogP contribution < -0.4 is 16.0 Å². The van der Waals surface area contributed by atoms with Gasteiger partial charge < -0.3 is 16.0 Å². The van der Waals surface area contributed by atoms with E-state index in [0.29, 0.717) is 27.5 Å². The van der Waals surface area contributed by atoms with Crippen molar-refractivity contribution in [1.82, 2.24) is 5.32 Å². The van der Waals surface area contributed by atoms with Gasteiger partial charge in [0.25, 0.3) is 11.8 Å². The molecule has 4 aromatic carbocycles. The standard InChI is InChI=1S/C30H23ClFN3O3S/c31-22-11-9-20(10-12-22)17-27(35-29(37)21-5-2-1-3-6-21)30(38)34-25-7-4-8-26(18-25)39-19-28(36)33-24-15-13-23(32)14-16-24/h1-18H,19H2,(H,33,36)(H,34,38)(H,35,37)/b27-17-. The molecule has 3 amide bonds. The Morgan fingerprint density at radius 2 is 1.51 bits per heavy atom. The second-order valence-corrected chi connectivity index (χ2v) is 9.74. The van der Waals surface area contributed by atoms with Crippen LogP contribution in [-0.4, -0.2) is 23.5 Å². The van der Waals surface area contributed by atoms with E-state index >= 15 is 0 Å².